The first kappa shape index (κ1) is 28.3. The Balaban J connectivity index is 1.84. The minimum absolute atomic E-state index is 0.155. The molecule has 0 aromatic heterocycles. The maximum atomic E-state index is 14.6. The molecule has 3 saturated heterocycles. The van der Waals surface area contributed by atoms with Crippen molar-refractivity contribution in [1.29, 1.82) is 0 Å². The highest BCUT2D eigenvalue weighted by atomic mass is 35.5. The number of carbonyl (C=O) groups excluding carboxylic acids is 3. The summed E-state index contributed by atoms with van der Waals surface area (Å²) in [5.41, 5.74) is -0.814. The van der Waals surface area contributed by atoms with E-state index >= 15 is 0 Å². The van der Waals surface area contributed by atoms with E-state index in [-0.39, 0.29) is 31.6 Å². The number of para-hydroxylation sites is 1. The molecule has 3 fully saturated rings. The number of rotatable bonds is 11. The number of halogens is 1. The van der Waals surface area contributed by atoms with Crippen LogP contribution in [0.2, 0.25) is 5.02 Å². The molecule has 38 heavy (non-hydrogen) atoms. The number of amides is 2. The van der Waals surface area contributed by atoms with E-state index in [1.807, 2.05) is 19.9 Å². The van der Waals surface area contributed by atoms with Crippen LogP contribution in [0.15, 0.2) is 43.5 Å². The third-order valence-electron chi connectivity index (χ3n) is 8.45. The van der Waals surface area contributed by atoms with Crippen LogP contribution in [-0.4, -0.2) is 70.8 Å². The van der Waals surface area contributed by atoms with Crippen molar-refractivity contribution in [1.82, 2.24) is 4.90 Å². The van der Waals surface area contributed by atoms with Crippen LogP contribution >= 0.6 is 11.6 Å². The minimum Gasteiger partial charge on any atom is -0.465 e. The van der Waals surface area contributed by atoms with Crippen molar-refractivity contribution in [2.75, 3.05) is 24.7 Å². The monoisotopic (exact) mass is 544 g/mol. The van der Waals surface area contributed by atoms with Crippen molar-refractivity contribution in [2.24, 2.45) is 11.8 Å². The fraction of sp³-hybridized carbons (Fsp3) is 0.552. The summed E-state index contributed by atoms with van der Waals surface area (Å²) in [6, 6.07) is 3.64. The van der Waals surface area contributed by atoms with Gasteiger partial charge in [0.1, 0.15) is 17.6 Å². The van der Waals surface area contributed by atoms with Crippen molar-refractivity contribution in [3.8, 4) is 0 Å². The number of hydrogen-bond donors (Lipinski definition) is 1. The quantitative estimate of drug-likeness (QED) is 0.258. The molecule has 1 aromatic carbocycles. The highest BCUT2D eigenvalue weighted by molar-refractivity contribution is 6.34. The number of nitrogens with zero attached hydrogens (tertiary/aromatic N) is 2. The molecule has 4 rings (SSSR count). The predicted octanol–water partition coefficient (Wildman–Crippen LogP) is 3.82. The zero-order valence-corrected chi connectivity index (χ0v) is 23.1. The largest absolute Gasteiger partial charge is 0.465 e. The first-order chi connectivity index (χ1) is 18.1. The molecule has 0 radical (unpaired) electrons. The number of aliphatic hydroxyl groups is 1. The summed E-state index contributed by atoms with van der Waals surface area (Å²) in [6.07, 6.45) is 5.20. The Bertz CT molecular complexity index is 1120. The molecule has 0 saturated carbocycles. The lowest BCUT2D eigenvalue weighted by molar-refractivity contribution is -0.161. The van der Waals surface area contributed by atoms with Gasteiger partial charge in [0.15, 0.2) is 0 Å². The van der Waals surface area contributed by atoms with Crippen LogP contribution in [0.25, 0.3) is 0 Å². The molecule has 1 N–H and O–H groups in total. The van der Waals surface area contributed by atoms with Gasteiger partial charge in [-0.3, -0.25) is 14.4 Å². The van der Waals surface area contributed by atoms with E-state index in [0.29, 0.717) is 36.4 Å². The van der Waals surface area contributed by atoms with Crippen LogP contribution in [0.5, 0.6) is 0 Å². The van der Waals surface area contributed by atoms with Crippen LogP contribution < -0.4 is 4.90 Å². The van der Waals surface area contributed by atoms with Gasteiger partial charge in [-0.2, -0.15) is 0 Å². The van der Waals surface area contributed by atoms with Crippen LogP contribution in [0.1, 0.15) is 45.1 Å². The topological polar surface area (TPSA) is 96.4 Å². The zero-order valence-electron chi connectivity index (χ0n) is 22.3. The first-order valence-corrected chi connectivity index (χ1v) is 13.6. The molecule has 2 amide bonds. The number of carbonyl (C=O) groups is 3. The zero-order chi connectivity index (χ0) is 27.8. The van der Waals surface area contributed by atoms with Crippen LogP contribution in [-0.2, 0) is 23.9 Å². The van der Waals surface area contributed by atoms with Gasteiger partial charge >= 0.3 is 5.97 Å². The third kappa shape index (κ3) is 4.17. The maximum absolute atomic E-state index is 14.6. The molecular weight excluding hydrogens is 508 g/mol. The predicted molar refractivity (Wildman–Crippen MR) is 145 cm³/mol. The molecule has 0 aliphatic carbocycles. The van der Waals surface area contributed by atoms with Gasteiger partial charge in [-0.1, -0.05) is 42.8 Å². The number of fused-ring (bicyclic) bond motifs is 1. The average molecular weight is 545 g/mol. The molecule has 1 spiro atoms. The molecule has 2 unspecified atom stereocenters. The molecule has 3 aliphatic rings. The summed E-state index contributed by atoms with van der Waals surface area (Å²) in [5, 5.41) is 10.5. The van der Waals surface area contributed by atoms with Crippen LogP contribution in [0, 0.1) is 18.8 Å². The van der Waals surface area contributed by atoms with E-state index in [9.17, 15) is 19.5 Å². The maximum Gasteiger partial charge on any atom is 0.312 e. The summed E-state index contributed by atoms with van der Waals surface area (Å²) < 4.78 is 12.3. The lowest BCUT2D eigenvalue weighted by Gasteiger charge is -2.39. The summed E-state index contributed by atoms with van der Waals surface area (Å²) >= 11 is 6.58. The van der Waals surface area contributed by atoms with Gasteiger partial charge in [-0.15, -0.1) is 13.2 Å². The third-order valence-corrected chi connectivity index (χ3v) is 8.75. The number of esters is 1. The molecule has 1 aromatic rings. The average Bonchev–Trinajstić information content (AvgIpc) is 3.51. The van der Waals surface area contributed by atoms with Crippen LogP contribution in [0.4, 0.5) is 5.69 Å². The van der Waals surface area contributed by atoms with E-state index in [1.54, 1.807) is 31.2 Å². The van der Waals surface area contributed by atoms with Crippen molar-refractivity contribution < 1.29 is 29.0 Å². The SMILES string of the molecule is C=CCCOC(=O)[C@H]1[C@H]2C(=O)N([C@H](C)CO)C(C(=O)N(CC=C)c3c(C)cccc3Cl)C23CC[C@]1(CC)O3. The smallest absolute Gasteiger partial charge is 0.312 e. The number of anilines is 1. The Morgan fingerprint density at radius 3 is 2.68 bits per heavy atom. The summed E-state index contributed by atoms with van der Waals surface area (Å²) in [6.45, 7) is 12.9. The van der Waals surface area contributed by atoms with Gasteiger partial charge in [0.25, 0.3) is 5.91 Å². The number of benzene rings is 1. The Kier molecular flexibility index (Phi) is 8.07. The number of ether oxygens (including phenoxy) is 2. The highest BCUT2D eigenvalue weighted by Gasteiger charge is 2.79. The van der Waals surface area contributed by atoms with E-state index in [1.165, 1.54) is 9.80 Å². The number of aryl methyl sites for hydroxylation is 1. The Morgan fingerprint density at radius 1 is 1.34 bits per heavy atom. The van der Waals surface area contributed by atoms with Gasteiger partial charge < -0.3 is 24.4 Å². The van der Waals surface area contributed by atoms with E-state index in [2.05, 4.69) is 13.2 Å². The lowest BCUT2D eigenvalue weighted by atomic mass is 9.65. The molecular formula is C29H37ClN2O6. The number of likely N-dealkylation sites (tertiary alicyclic amines) is 1. The standard InChI is InChI=1S/C29H37ClN2O6/c1-6-9-16-37-27(36)22-21-25(34)32(19(5)17-33)24(29(21)14-13-28(22,8-3)38-29)26(35)31(15-7-2)23-18(4)11-10-12-20(23)30/h6-7,10-12,19,21-22,24,33H,1-2,8-9,13-17H2,3-5H3/t19-,21+,22-,24?,28+,29?/m1/s1. The highest BCUT2D eigenvalue weighted by Crippen LogP contribution is 2.65. The summed E-state index contributed by atoms with van der Waals surface area (Å²) in [4.78, 5) is 45.1. The molecule has 8 nitrogen and oxygen atoms in total. The van der Waals surface area contributed by atoms with Gasteiger partial charge in [-0.25, -0.2) is 0 Å². The van der Waals surface area contributed by atoms with Crippen molar-refractivity contribution in [2.45, 2.75) is 69.7 Å². The first-order valence-electron chi connectivity index (χ1n) is 13.2. The molecule has 6 atom stereocenters. The van der Waals surface area contributed by atoms with Crippen molar-refractivity contribution >= 4 is 35.1 Å². The number of hydrogen-bond acceptors (Lipinski definition) is 6. The van der Waals surface area contributed by atoms with Gasteiger partial charge in [-0.05, 0) is 51.2 Å². The lowest BCUT2D eigenvalue weighted by Crippen LogP contribution is -2.58. The van der Waals surface area contributed by atoms with Gasteiger partial charge in [0.05, 0.1) is 41.5 Å². The molecule has 3 heterocycles. The van der Waals surface area contributed by atoms with Crippen molar-refractivity contribution in [3.05, 3.63) is 54.1 Å². The van der Waals surface area contributed by atoms with E-state index < -0.39 is 41.1 Å². The van der Waals surface area contributed by atoms with Gasteiger partial charge in [0, 0.05) is 6.54 Å². The summed E-state index contributed by atoms with van der Waals surface area (Å²) in [5.74, 6) is -3.00. The van der Waals surface area contributed by atoms with E-state index in [4.69, 9.17) is 21.1 Å². The van der Waals surface area contributed by atoms with E-state index in [0.717, 1.165) is 5.56 Å². The van der Waals surface area contributed by atoms with Crippen LogP contribution in [0.3, 0.4) is 0 Å². The normalized spacial score (nSPS) is 30.2. The van der Waals surface area contributed by atoms with Gasteiger partial charge in [0.2, 0.25) is 5.91 Å². The fourth-order valence-electron chi connectivity index (χ4n) is 6.72. The second-order valence-corrected chi connectivity index (χ2v) is 10.9. The second kappa shape index (κ2) is 10.8. The Morgan fingerprint density at radius 2 is 2.08 bits per heavy atom. The summed E-state index contributed by atoms with van der Waals surface area (Å²) in [7, 11) is 0. The van der Waals surface area contributed by atoms with Crippen molar-refractivity contribution in [3.63, 3.8) is 0 Å². The molecule has 9 heteroatoms. The molecule has 2 bridgehead atoms. The molecule has 206 valence electrons. The molecule has 3 aliphatic heterocycles. The minimum atomic E-state index is -1.23. The Labute approximate surface area is 229 Å². The number of aliphatic hydroxyl groups excluding tert-OH is 1. The fourth-order valence-corrected chi connectivity index (χ4v) is 7.05. The second-order valence-electron chi connectivity index (χ2n) is 10.5. The Hall–Kier alpha value is -2.68.